The predicted octanol–water partition coefficient (Wildman–Crippen LogP) is 2.57. The smallest absolute Gasteiger partial charge is 0.160 e. The van der Waals surface area contributed by atoms with Crippen LogP contribution in [0.25, 0.3) is 10.1 Å². The first-order valence-corrected chi connectivity index (χ1v) is 7.07. The van der Waals surface area contributed by atoms with Crippen LogP contribution in [-0.4, -0.2) is 30.7 Å². The number of ether oxygens (including phenoxy) is 2. The first-order chi connectivity index (χ1) is 8.83. The number of aliphatic hydroxyl groups excluding tert-OH is 1. The summed E-state index contributed by atoms with van der Waals surface area (Å²) in [6.45, 7) is 1.28. The second kappa shape index (κ2) is 5.36. The van der Waals surface area contributed by atoms with Crippen molar-refractivity contribution in [2.45, 2.75) is 25.2 Å². The van der Waals surface area contributed by atoms with Gasteiger partial charge in [-0.3, -0.25) is 0 Å². The number of hydrogen-bond donors (Lipinski definition) is 1. The third-order valence-corrected chi connectivity index (χ3v) is 4.18. The third-order valence-electron chi connectivity index (χ3n) is 3.17. The summed E-state index contributed by atoms with van der Waals surface area (Å²) in [6, 6.07) is 8.29. The standard InChI is InChI=1S/C14H16O3S/c15-11(8-14-16-5-6-17-14)7-10-9-18-13-4-2-1-3-12(10)13/h1-4,9,11,14-15H,5-8H2. The molecule has 0 saturated carbocycles. The van der Waals surface area contributed by atoms with Crippen molar-refractivity contribution in [3.05, 3.63) is 35.2 Å². The Morgan fingerprint density at radius 2 is 2.06 bits per heavy atom. The van der Waals surface area contributed by atoms with Crippen LogP contribution in [0.5, 0.6) is 0 Å². The molecule has 2 heterocycles. The topological polar surface area (TPSA) is 38.7 Å². The van der Waals surface area contributed by atoms with Crippen molar-refractivity contribution in [2.24, 2.45) is 0 Å². The third kappa shape index (κ3) is 2.57. The van der Waals surface area contributed by atoms with Crippen LogP contribution in [0.2, 0.25) is 0 Å². The van der Waals surface area contributed by atoms with Gasteiger partial charge >= 0.3 is 0 Å². The average molecular weight is 264 g/mol. The Labute approximate surface area is 110 Å². The van der Waals surface area contributed by atoms with E-state index in [1.54, 1.807) is 11.3 Å². The van der Waals surface area contributed by atoms with Gasteiger partial charge in [0.25, 0.3) is 0 Å². The molecular weight excluding hydrogens is 248 g/mol. The lowest BCUT2D eigenvalue weighted by atomic mass is 10.0. The Bertz CT molecular complexity index is 516. The van der Waals surface area contributed by atoms with Crippen LogP contribution in [0.1, 0.15) is 12.0 Å². The molecule has 1 atom stereocenters. The summed E-state index contributed by atoms with van der Waals surface area (Å²) >= 11 is 1.73. The van der Waals surface area contributed by atoms with Gasteiger partial charge < -0.3 is 14.6 Å². The van der Waals surface area contributed by atoms with E-state index in [4.69, 9.17) is 9.47 Å². The molecule has 4 heteroatoms. The van der Waals surface area contributed by atoms with E-state index in [9.17, 15) is 5.11 Å². The lowest BCUT2D eigenvalue weighted by Crippen LogP contribution is -2.20. The van der Waals surface area contributed by atoms with Gasteiger partial charge in [-0.25, -0.2) is 0 Å². The second-order valence-corrected chi connectivity index (χ2v) is 5.43. The Hall–Kier alpha value is -0.940. The van der Waals surface area contributed by atoms with Gasteiger partial charge in [0.15, 0.2) is 6.29 Å². The molecule has 1 aromatic heterocycles. The second-order valence-electron chi connectivity index (χ2n) is 4.52. The van der Waals surface area contributed by atoms with Gasteiger partial charge in [-0.1, -0.05) is 18.2 Å². The zero-order chi connectivity index (χ0) is 12.4. The van der Waals surface area contributed by atoms with Crippen LogP contribution in [0.4, 0.5) is 0 Å². The molecule has 1 aliphatic heterocycles. The minimum absolute atomic E-state index is 0.232. The number of hydrogen-bond acceptors (Lipinski definition) is 4. The fraction of sp³-hybridized carbons (Fsp3) is 0.429. The minimum Gasteiger partial charge on any atom is -0.393 e. The summed E-state index contributed by atoms with van der Waals surface area (Å²) in [6.07, 6.45) is 0.563. The molecule has 0 bridgehead atoms. The molecule has 3 nitrogen and oxygen atoms in total. The van der Waals surface area contributed by atoms with Crippen molar-refractivity contribution < 1.29 is 14.6 Å². The van der Waals surface area contributed by atoms with E-state index >= 15 is 0 Å². The van der Waals surface area contributed by atoms with E-state index in [-0.39, 0.29) is 6.29 Å². The Balaban J connectivity index is 1.67. The first kappa shape index (κ1) is 12.1. The fourth-order valence-corrected chi connectivity index (χ4v) is 3.27. The van der Waals surface area contributed by atoms with Gasteiger partial charge in [0.1, 0.15) is 0 Å². The number of rotatable bonds is 4. The number of thiophene rings is 1. The monoisotopic (exact) mass is 264 g/mol. The normalized spacial score (nSPS) is 18.5. The van der Waals surface area contributed by atoms with Gasteiger partial charge in [-0.05, 0) is 28.8 Å². The molecule has 1 aliphatic rings. The summed E-state index contributed by atoms with van der Waals surface area (Å²) in [5.41, 5.74) is 1.21. The van der Waals surface area contributed by atoms with E-state index in [2.05, 4.69) is 17.5 Å². The summed E-state index contributed by atoms with van der Waals surface area (Å²) in [5.74, 6) is 0. The SMILES string of the molecule is OC(Cc1csc2ccccc12)CC1OCCO1. The van der Waals surface area contributed by atoms with E-state index in [1.165, 1.54) is 15.6 Å². The Morgan fingerprint density at radius 3 is 2.89 bits per heavy atom. The summed E-state index contributed by atoms with van der Waals surface area (Å²) < 4.78 is 12.0. The Morgan fingerprint density at radius 1 is 1.28 bits per heavy atom. The summed E-state index contributed by atoms with van der Waals surface area (Å²) in [5, 5.41) is 13.5. The van der Waals surface area contributed by atoms with Crippen LogP contribution in [-0.2, 0) is 15.9 Å². The molecule has 3 rings (SSSR count). The number of benzene rings is 1. The molecule has 1 N–H and O–H groups in total. The number of fused-ring (bicyclic) bond motifs is 1. The molecule has 0 radical (unpaired) electrons. The average Bonchev–Trinajstić information content (AvgIpc) is 3.00. The molecule has 18 heavy (non-hydrogen) atoms. The summed E-state index contributed by atoms with van der Waals surface area (Å²) in [7, 11) is 0. The summed E-state index contributed by atoms with van der Waals surface area (Å²) in [4.78, 5) is 0. The molecular formula is C14H16O3S. The molecule has 1 fully saturated rings. The maximum absolute atomic E-state index is 10.1. The number of aliphatic hydroxyl groups is 1. The highest BCUT2D eigenvalue weighted by atomic mass is 32.1. The van der Waals surface area contributed by atoms with E-state index in [0.717, 1.165) is 0 Å². The van der Waals surface area contributed by atoms with Gasteiger partial charge in [0, 0.05) is 11.1 Å². The van der Waals surface area contributed by atoms with E-state index in [1.807, 2.05) is 12.1 Å². The molecule has 0 amide bonds. The maximum Gasteiger partial charge on any atom is 0.160 e. The maximum atomic E-state index is 10.1. The van der Waals surface area contributed by atoms with Crippen molar-refractivity contribution >= 4 is 21.4 Å². The van der Waals surface area contributed by atoms with Crippen LogP contribution < -0.4 is 0 Å². The van der Waals surface area contributed by atoms with Gasteiger partial charge in [-0.2, -0.15) is 0 Å². The molecule has 1 unspecified atom stereocenters. The Kier molecular flexibility index (Phi) is 3.61. The molecule has 0 aliphatic carbocycles. The largest absolute Gasteiger partial charge is 0.393 e. The van der Waals surface area contributed by atoms with Crippen LogP contribution in [0, 0.1) is 0 Å². The highest BCUT2D eigenvalue weighted by Crippen LogP contribution is 2.27. The zero-order valence-electron chi connectivity index (χ0n) is 10.0. The van der Waals surface area contributed by atoms with Gasteiger partial charge in [0.2, 0.25) is 0 Å². The fourth-order valence-electron chi connectivity index (χ4n) is 2.29. The van der Waals surface area contributed by atoms with Crippen molar-refractivity contribution in [1.82, 2.24) is 0 Å². The molecule has 1 saturated heterocycles. The first-order valence-electron chi connectivity index (χ1n) is 6.19. The van der Waals surface area contributed by atoms with Crippen LogP contribution >= 0.6 is 11.3 Å². The lowest BCUT2D eigenvalue weighted by molar-refractivity contribution is -0.0697. The van der Waals surface area contributed by atoms with Gasteiger partial charge in [-0.15, -0.1) is 11.3 Å². The molecule has 2 aromatic rings. The predicted molar refractivity (Wildman–Crippen MR) is 71.8 cm³/mol. The van der Waals surface area contributed by atoms with Crippen LogP contribution in [0.15, 0.2) is 29.6 Å². The lowest BCUT2D eigenvalue weighted by Gasteiger charge is -2.14. The zero-order valence-corrected chi connectivity index (χ0v) is 10.9. The van der Waals surface area contributed by atoms with E-state index < -0.39 is 6.10 Å². The van der Waals surface area contributed by atoms with Gasteiger partial charge in [0.05, 0.1) is 19.3 Å². The van der Waals surface area contributed by atoms with Crippen LogP contribution in [0.3, 0.4) is 0 Å². The quantitative estimate of drug-likeness (QED) is 0.922. The minimum atomic E-state index is -0.411. The van der Waals surface area contributed by atoms with Crippen molar-refractivity contribution in [3.8, 4) is 0 Å². The molecule has 96 valence electrons. The molecule has 0 spiro atoms. The van der Waals surface area contributed by atoms with Crippen molar-refractivity contribution in [3.63, 3.8) is 0 Å². The van der Waals surface area contributed by atoms with E-state index in [0.29, 0.717) is 26.1 Å². The molecule has 1 aromatic carbocycles. The highest BCUT2D eigenvalue weighted by molar-refractivity contribution is 7.17. The highest BCUT2D eigenvalue weighted by Gasteiger charge is 2.20. The van der Waals surface area contributed by atoms with Crippen molar-refractivity contribution in [2.75, 3.05) is 13.2 Å². The van der Waals surface area contributed by atoms with Crippen molar-refractivity contribution in [1.29, 1.82) is 0 Å².